The SMILES string of the molecule is CN1[C@@H]2CC[C@H]1CC(OC(=O)c1c[nH]c3ccccc13)C2.O=C(O)CC(O)(CC(=O)O)C(=O)O. The topological polar surface area (TPSA) is 177 Å². The molecule has 3 atom stereocenters. The van der Waals surface area contributed by atoms with Crippen molar-refractivity contribution in [3.05, 3.63) is 36.0 Å². The molecule has 0 radical (unpaired) electrons. The molecule has 2 aromatic rings. The quantitative estimate of drug-likeness (QED) is 0.369. The Bertz CT molecular complexity index is 1050. The molecule has 0 spiro atoms. The van der Waals surface area contributed by atoms with Gasteiger partial charge in [-0.3, -0.25) is 9.59 Å². The molecular weight excluding hydrogens is 448 g/mol. The van der Waals surface area contributed by atoms with Gasteiger partial charge >= 0.3 is 23.9 Å². The van der Waals surface area contributed by atoms with Crippen molar-refractivity contribution in [2.75, 3.05) is 7.05 Å². The van der Waals surface area contributed by atoms with Gasteiger partial charge < -0.3 is 35.0 Å². The fourth-order valence-corrected chi connectivity index (χ4v) is 4.63. The average molecular weight is 476 g/mol. The Morgan fingerprint density at radius 2 is 1.59 bits per heavy atom. The molecule has 5 N–H and O–H groups in total. The highest BCUT2D eigenvalue weighted by Gasteiger charge is 2.41. The third kappa shape index (κ3) is 5.72. The van der Waals surface area contributed by atoms with E-state index in [0.29, 0.717) is 17.6 Å². The summed E-state index contributed by atoms with van der Waals surface area (Å²) in [5, 5.41) is 34.8. The number of carboxylic acids is 3. The van der Waals surface area contributed by atoms with E-state index in [1.807, 2.05) is 24.3 Å². The number of para-hydroxylation sites is 1. The van der Waals surface area contributed by atoms with Crippen LogP contribution in [0.25, 0.3) is 10.9 Å². The van der Waals surface area contributed by atoms with Crippen molar-refractivity contribution in [3.63, 3.8) is 0 Å². The number of nitrogens with one attached hydrogen (secondary N) is 1. The molecule has 34 heavy (non-hydrogen) atoms. The lowest BCUT2D eigenvalue weighted by Gasteiger charge is -2.35. The minimum absolute atomic E-state index is 0.0693. The highest BCUT2D eigenvalue weighted by atomic mass is 16.5. The highest BCUT2D eigenvalue weighted by Crippen LogP contribution is 2.36. The van der Waals surface area contributed by atoms with Gasteiger partial charge in [0.05, 0.1) is 18.4 Å². The fourth-order valence-electron chi connectivity index (χ4n) is 4.63. The second-order valence-corrected chi connectivity index (χ2v) is 8.77. The van der Waals surface area contributed by atoms with Crippen molar-refractivity contribution in [2.45, 2.75) is 62.3 Å². The number of rotatable bonds is 7. The summed E-state index contributed by atoms with van der Waals surface area (Å²) >= 11 is 0. The van der Waals surface area contributed by atoms with Crippen LogP contribution in [-0.4, -0.2) is 85.0 Å². The van der Waals surface area contributed by atoms with E-state index < -0.39 is 36.4 Å². The Hall–Kier alpha value is -3.44. The number of hydrogen-bond donors (Lipinski definition) is 5. The first kappa shape index (κ1) is 25.2. The zero-order valence-corrected chi connectivity index (χ0v) is 18.6. The molecule has 3 heterocycles. The lowest BCUT2D eigenvalue weighted by atomic mass is 9.96. The third-order valence-electron chi connectivity index (χ3n) is 6.42. The van der Waals surface area contributed by atoms with E-state index >= 15 is 0 Å². The third-order valence-corrected chi connectivity index (χ3v) is 6.42. The standard InChI is InChI=1S/C17H20N2O2.C6H8O7/c1-19-11-6-7-12(19)9-13(8-11)21-17(20)15-10-18-16-5-3-2-4-14(15)16;7-3(8)1-6(13,5(11)12)2-4(9)10/h2-5,10-13,18H,6-9H2,1H3;13H,1-2H2,(H,7,8)(H,9,10)(H,11,12)/t11-,12+,13?;. The van der Waals surface area contributed by atoms with Gasteiger partial charge in [-0.05, 0) is 26.0 Å². The zero-order valence-electron chi connectivity index (χ0n) is 18.6. The minimum atomic E-state index is -2.74. The van der Waals surface area contributed by atoms with E-state index in [-0.39, 0.29) is 12.1 Å². The van der Waals surface area contributed by atoms with Gasteiger partial charge in [0.1, 0.15) is 6.10 Å². The number of hydrogen-bond acceptors (Lipinski definition) is 7. The molecular formula is C23H28N2O9. The van der Waals surface area contributed by atoms with E-state index in [4.69, 9.17) is 25.2 Å². The largest absolute Gasteiger partial charge is 0.481 e. The van der Waals surface area contributed by atoms with Crippen LogP contribution in [0.5, 0.6) is 0 Å². The molecule has 2 fully saturated rings. The first-order chi connectivity index (χ1) is 16.0. The van der Waals surface area contributed by atoms with Crippen LogP contribution in [-0.2, 0) is 19.1 Å². The second kappa shape index (κ2) is 10.2. The normalized spacial score (nSPS) is 22.0. The molecule has 2 aliphatic heterocycles. The molecule has 4 rings (SSSR count). The fraction of sp³-hybridized carbons (Fsp3) is 0.478. The maximum absolute atomic E-state index is 12.4. The van der Waals surface area contributed by atoms with Crippen molar-refractivity contribution in [1.29, 1.82) is 0 Å². The van der Waals surface area contributed by atoms with Crippen LogP contribution < -0.4 is 0 Å². The van der Waals surface area contributed by atoms with Crippen LogP contribution in [0.2, 0.25) is 0 Å². The predicted molar refractivity (Wildman–Crippen MR) is 118 cm³/mol. The summed E-state index contributed by atoms with van der Waals surface area (Å²) < 4.78 is 5.79. The minimum Gasteiger partial charge on any atom is -0.481 e. The average Bonchev–Trinajstić information content (AvgIpc) is 3.24. The van der Waals surface area contributed by atoms with Crippen LogP contribution in [0.1, 0.15) is 48.9 Å². The monoisotopic (exact) mass is 476 g/mol. The number of nitrogens with zero attached hydrogens (tertiary/aromatic N) is 1. The molecule has 184 valence electrons. The summed E-state index contributed by atoms with van der Waals surface area (Å²) in [5.74, 6) is -5.21. The van der Waals surface area contributed by atoms with Gasteiger partial charge in [-0.2, -0.15) is 0 Å². The highest BCUT2D eigenvalue weighted by molar-refractivity contribution is 6.04. The van der Waals surface area contributed by atoms with Crippen LogP contribution in [0.3, 0.4) is 0 Å². The number of aliphatic carboxylic acids is 3. The molecule has 0 aliphatic carbocycles. The maximum Gasteiger partial charge on any atom is 0.340 e. The summed E-state index contributed by atoms with van der Waals surface area (Å²) in [5.41, 5.74) is -1.11. The summed E-state index contributed by atoms with van der Waals surface area (Å²) in [4.78, 5) is 48.5. The van der Waals surface area contributed by atoms with Gasteiger partial charge in [0.15, 0.2) is 5.60 Å². The van der Waals surface area contributed by atoms with E-state index in [0.717, 1.165) is 23.7 Å². The van der Waals surface area contributed by atoms with Crippen LogP contribution >= 0.6 is 0 Å². The van der Waals surface area contributed by atoms with Crippen molar-refractivity contribution in [1.82, 2.24) is 9.88 Å². The lowest BCUT2D eigenvalue weighted by Crippen LogP contribution is -2.43. The predicted octanol–water partition coefficient (Wildman–Crippen LogP) is 1.70. The number of carbonyl (C=O) groups excluding carboxylic acids is 1. The summed E-state index contributed by atoms with van der Waals surface area (Å²) in [6.07, 6.45) is 3.96. The first-order valence-corrected chi connectivity index (χ1v) is 10.9. The molecule has 1 aromatic heterocycles. The number of carboxylic acid groups (broad SMARTS) is 3. The van der Waals surface area contributed by atoms with Gasteiger partial charge in [-0.15, -0.1) is 0 Å². The first-order valence-electron chi connectivity index (χ1n) is 10.9. The number of esters is 1. The van der Waals surface area contributed by atoms with E-state index in [1.54, 1.807) is 6.20 Å². The molecule has 2 saturated heterocycles. The Morgan fingerprint density at radius 1 is 1.03 bits per heavy atom. The van der Waals surface area contributed by atoms with Crippen LogP contribution in [0.15, 0.2) is 30.5 Å². The Morgan fingerprint density at radius 3 is 2.12 bits per heavy atom. The number of benzene rings is 1. The van der Waals surface area contributed by atoms with Crippen molar-refractivity contribution in [2.24, 2.45) is 0 Å². The summed E-state index contributed by atoms with van der Waals surface area (Å²) in [7, 11) is 2.19. The molecule has 1 aromatic carbocycles. The second-order valence-electron chi connectivity index (χ2n) is 8.77. The molecule has 0 amide bonds. The Kier molecular flexibility index (Phi) is 7.57. The summed E-state index contributed by atoms with van der Waals surface area (Å²) in [6.45, 7) is 0. The molecule has 2 bridgehead atoms. The van der Waals surface area contributed by atoms with Crippen molar-refractivity contribution in [3.8, 4) is 0 Å². The van der Waals surface area contributed by atoms with Gasteiger partial charge in [0, 0.05) is 42.0 Å². The number of carbonyl (C=O) groups is 4. The number of aromatic nitrogens is 1. The number of H-pyrrole nitrogens is 1. The van der Waals surface area contributed by atoms with E-state index in [9.17, 15) is 19.2 Å². The molecule has 0 saturated carbocycles. The number of ether oxygens (including phenoxy) is 1. The Balaban J connectivity index is 0.000000218. The number of aliphatic hydroxyl groups is 1. The summed E-state index contributed by atoms with van der Waals surface area (Å²) in [6, 6.07) is 9.02. The van der Waals surface area contributed by atoms with Crippen LogP contribution in [0.4, 0.5) is 0 Å². The van der Waals surface area contributed by atoms with E-state index in [1.165, 1.54) is 12.8 Å². The number of fused-ring (bicyclic) bond motifs is 3. The number of piperidine rings is 1. The van der Waals surface area contributed by atoms with E-state index in [2.05, 4.69) is 16.9 Å². The van der Waals surface area contributed by atoms with Gasteiger partial charge in [0.25, 0.3) is 0 Å². The smallest absolute Gasteiger partial charge is 0.340 e. The Labute approximate surface area is 194 Å². The lowest BCUT2D eigenvalue weighted by molar-refractivity contribution is -0.170. The molecule has 2 aliphatic rings. The number of aromatic amines is 1. The van der Waals surface area contributed by atoms with Crippen molar-refractivity contribution >= 4 is 34.8 Å². The molecule has 1 unspecified atom stereocenters. The van der Waals surface area contributed by atoms with Gasteiger partial charge in [-0.1, -0.05) is 18.2 Å². The zero-order chi connectivity index (χ0) is 25.0. The van der Waals surface area contributed by atoms with Gasteiger partial charge in [-0.25, -0.2) is 9.59 Å². The molecule has 11 nitrogen and oxygen atoms in total. The molecule has 11 heteroatoms. The van der Waals surface area contributed by atoms with Crippen LogP contribution in [0, 0.1) is 0 Å². The van der Waals surface area contributed by atoms with Gasteiger partial charge in [0.2, 0.25) is 0 Å². The van der Waals surface area contributed by atoms with Crippen molar-refractivity contribution < 1.29 is 44.3 Å². The maximum atomic E-state index is 12.4.